The standard InChI is InChI=1S/C32H34F2N6O4/c1-39-13-15-40(16-14-39)12-5-17-43-31-20-27-23(19-30(31)42-2)28(10-11-35-27)44-29-9-8-22(18-25(29)34)21-36-38-32(41)37-26-7-4-3-6-24(26)33/h3-4,6-11,18-21H,5,12-17H2,1-2H3,(H2,37,38,41)/b36-21+. The number of methoxy groups -OCH3 is 1. The molecule has 1 fully saturated rings. The van der Waals surface area contributed by atoms with E-state index in [4.69, 9.17) is 14.2 Å². The lowest BCUT2D eigenvalue weighted by molar-refractivity contribution is 0.145. The molecule has 0 bridgehead atoms. The normalized spacial score (nSPS) is 14.1. The maximum absolute atomic E-state index is 15.0. The lowest BCUT2D eigenvalue weighted by Crippen LogP contribution is -2.44. The number of hydrazone groups is 1. The molecule has 1 aromatic heterocycles. The molecule has 0 saturated carbocycles. The van der Waals surface area contributed by atoms with E-state index < -0.39 is 17.7 Å². The fourth-order valence-electron chi connectivity index (χ4n) is 4.71. The highest BCUT2D eigenvalue weighted by Gasteiger charge is 2.16. The van der Waals surface area contributed by atoms with Crippen LogP contribution in [0.25, 0.3) is 10.9 Å². The molecule has 1 saturated heterocycles. The first kappa shape index (κ1) is 30.6. The predicted octanol–water partition coefficient (Wildman–Crippen LogP) is 5.49. The Bertz CT molecular complexity index is 1630. The minimum atomic E-state index is -0.744. The van der Waals surface area contributed by atoms with Gasteiger partial charge in [-0.25, -0.2) is 19.0 Å². The summed E-state index contributed by atoms with van der Waals surface area (Å²) in [6.07, 6.45) is 3.73. The summed E-state index contributed by atoms with van der Waals surface area (Å²) in [6, 6.07) is 14.4. The second-order valence-corrected chi connectivity index (χ2v) is 10.3. The number of likely N-dealkylation sites (N-methyl/N-ethyl adjacent to an activating group) is 1. The van der Waals surface area contributed by atoms with Crippen molar-refractivity contribution in [2.24, 2.45) is 5.10 Å². The highest BCUT2D eigenvalue weighted by atomic mass is 19.1. The van der Waals surface area contributed by atoms with Crippen molar-refractivity contribution >= 4 is 28.8 Å². The first-order chi connectivity index (χ1) is 21.4. The van der Waals surface area contributed by atoms with Crippen LogP contribution in [-0.2, 0) is 0 Å². The molecule has 1 aliphatic rings. The number of urea groups is 1. The van der Waals surface area contributed by atoms with E-state index in [2.05, 4.69) is 37.7 Å². The molecule has 4 aromatic rings. The van der Waals surface area contributed by atoms with Gasteiger partial charge in [0.1, 0.15) is 11.6 Å². The van der Waals surface area contributed by atoms with Crippen molar-refractivity contribution in [1.29, 1.82) is 0 Å². The van der Waals surface area contributed by atoms with Crippen LogP contribution in [0.3, 0.4) is 0 Å². The molecule has 12 heteroatoms. The van der Waals surface area contributed by atoms with Gasteiger partial charge >= 0.3 is 6.03 Å². The van der Waals surface area contributed by atoms with Gasteiger partial charge in [-0.05, 0) is 61.5 Å². The number of pyridine rings is 1. The highest BCUT2D eigenvalue weighted by molar-refractivity contribution is 5.90. The van der Waals surface area contributed by atoms with Crippen molar-refractivity contribution < 1.29 is 27.8 Å². The molecule has 2 N–H and O–H groups in total. The summed E-state index contributed by atoms with van der Waals surface area (Å²) >= 11 is 0. The number of carbonyl (C=O) groups is 1. The second-order valence-electron chi connectivity index (χ2n) is 10.3. The maximum Gasteiger partial charge on any atom is 0.339 e. The van der Waals surface area contributed by atoms with E-state index in [1.807, 2.05) is 0 Å². The van der Waals surface area contributed by atoms with Gasteiger partial charge < -0.3 is 29.3 Å². The summed E-state index contributed by atoms with van der Waals surface area (Å²) in [7, 11) is 3.70. The van der Waals surface area contributed by atoms with E-state index >= 15 is 0 Å². The number of ether oxygens (including phenoxy) is 3. The second kappa shape index (κ2) is 14.6. The summed E-state index contributed by atoms with van der Waals surface area (Å²) in [5, 5.41) is 6.76. The predicted molar refractivity (Wildman–Crippen MR) is 165 cm³/mol. The Labute approximate surface area is 254 Å². The number of amides is 2. The molecule has 0 spiro atoms. The Morgan fingerprint density at radius 3 is 2.57 bits per heavy atom. The summed E-state index contributed by atoms with van der Waals surface area (Å²) in [5.74, 6) is 0.264. The first-order valence-electron chi connectivity index (χ1n) is 14.2. The molecule has 3 aromatic carbocycles. The van der Waals surface area contributed by atoms with E-state index in [0.717, 1.165) is 39.1 Å². The van der Waals surface area contributed by atoms with E-state index in [1.165, 1.54) is 36.5 Å². The third-order valence-corrected chi connectivity index (χ3v) is 7.14. The number of nitrogens with zero attached hydrogens (tertiary/aromatic N) is 4. The van der Waals surface area contributed by atoms with Crippen LogP contribution in [0, 0.1) is 11.6 Å². The summed E-state index contributed by atoms with van der Waals surface area (Å²) in [5.41, 5.74) is 3.21. The molecule has 2 heterocycles. The molecule has 0 unspecified atom stereocenters. The lowest BCUT2D eigenvalue weighted by Gasteiger charge is -2.32. The van der Waals surface area contributed by atoms with Crippen LogP contribution in [0.1, 0.15) is 12.0 Å². The van der Waals surface area contributed by atoms with E-state index in [0.29, 0.717) is 40.3 Å². The average Bonchev–Trinajstić information content (AvgIpc) is 3.02. The van der Waals surface area contributed by atoms with E-state index in [9.17, 15) is 13.6 Å². The molecule has 0 aliphatic carbocycles. The molecular formula is C32H34F2N6O4. The van der Waals surface area contributed by atoms with E-state index in [-0.39, 0.29) is 11.4 Å². The summed E-state index contributed by atoms with van der Waals surface area (Å²) in [4.78, 5) is 21.2. The highest BCUT2D eigenvalue weighted by Crippen LogP contribution is 2.37. The van der Waals surface area contributed by atoms with Gasteiger partial charge in [-0.15, -0.1) is 0 Å². The number of aromatic nitrogens is 1. The third-order valence-electron chi connectivity index (χ3n) is 7.14. The van der Waals surface area contributed by atoms with Crippen molar-refractivity contribution in [3.05, 3.63) is 84.1 Å². The van der Waals surface area contributed by atoms with Crippen LogP contribution in [0.15, 0.2) is 72.0 Å². The lowest BCUT2D eigenvalue weighted by atomic mass is 10.1. The Balaban J connectivity index is 1.20. The molecular weight excluding hydrogens is 570 g/mol. The molecule has 2 amide bonds. The molecule has 1 aliphatic heterocycles. The van der Waals surface area contributed by atoms with Crippen molar-refractivity contribution in [3.8, 4) is 23.0 Å². The van der Waals surface area contributed by atoms with E-state index in [1.54, 1.807) is 43.6 Å². The summed E-state index contributed by atoms with van der Waals surface area (Å²) < 4.78 is 46.3. The monoisotopic (exact) mass is 604 g/mol. The summed E-state index contributed by atoms with van der Waals surface area (Å²) in [6.45, 7) is 5.79. The van der Waals surface area contributed by atoms with Gasteiger partial charge in [-0.3, -0.25) is 4.98 Å². The average molecular weight is 605 g/mol. The molecule has 5 rings (SSSR count). The molecule has 0 radical (unpaired) electrons. The van der Waals surface area contributed by atoms with Crippen LogP contribution in [0.5, 0.6) is 23.0 Å². The van der Waals surface area contributed by atoms with Gasteiger partial charge in [-0.1, -0.05) is 12.1 Å². The number of hydrogen-bond acceptors (Lipinski definition) is 8. The zero-order valence-corrected chi connectivity index (χ0v) is 24.6. The smallest absolute Gasteiger partial charge is 0.339 e. The zero-order chi connectivity index (χ0) is 30.9. The number of hydrogen-bond donors (Lipinski definition) is 2. The minimum Gasteiger partial charge on any atom is -0.493 e. The van der Waals surface area contributed by atoms with Gasteiger partial charge in [0.2, 0.25) is 0 Å². The zero-order valence-electron chi connectivity index (χ0n) is 24.6. The number of nitrogens with one attached hydrogen (secondary N) is 2. The van der Waals surface area contributed by atoms with Gasteiger partial charge in [0.05, 0.1) is 31.1 Å². The Morgan fingerprint density at radius 2 is 1.80 bits per heavy atom. The van der Waals surface area contributed by atoms with Crippen molar-refractivity contribution in [1.82, 2.24) is 20.2 Å². The number of anilines is 1. The quantitative estimate of drug-likeness (QED) is 0.133. The fraction of sp³-hybridized carbons (Fsp3) is 0.281. The maximum atomic E-state index is 15.0. The van der Waals surface area contributed by atoms with Crippen LogP contribution in [0.4, 0.5) is 19.3 Å². The van der Waals surface area contributed by atoms with Crippen molar-refractivity contribution in [2.45, 2.75) is 6.42 Å². The number of piperazine rings is 1. The third kappa shape index (κ3) is 7.97. The fourth-order valence-corrected chi connectivity index (χ4v) is 4.71. The minimum absolute atomic E-state index is 0.00877. The Kier molecular flexibility index (Phi) is 10.2. The molecule has 230 valence electrons. The van der Waals surface area contributed by atoms with Gasteiger partial charge in [0.15, 0.2) is 23.1 Å². The van der Waals surface area contributed by atoms with Gasteiger partial charge in [0.25, 0.3) is 0 Å². The van der Waals surface area contributed by atoms with Crippen molar-refractivity contribution in [2.75, 3.05) is 58.8 Å². The number of para-hydroxylation sites is 1. The van der Waals surface area contributed by atoms with Crippen molar-refractivity contribution in [3.63, 3.8) is 0 Å². The topological polar surface area (TPSA) is 101 Å². The molecule has 0 atom stereocenters. The molecule has 10 nitrogen and oxygen atoms in total. The number of benzene rings is 3. The first-order valence-corrected chi connectivity index (χ1v) is 14.2. The van der Waals surface area contributed by atoms with Gasteiger partial charge in [-0.2, -0.15) is 5.10 Å². The Morgan fingerprint density at radius 1 is 0.977 bits per heavy atom. The van der Waals surface area contributed by atoms with Crippen LogP contribution in [0.2, 0.25) is 0 Å². The Hall–Kier alpha value is -4.81. The van der Waals surface area contributed by atoms with Crippen LogP contribution in [-0.4, -0.2) is 80.5 Å². The molecule has 44 heavy (non-hydrogen) atoms. The van der Waals surface area contributed by atoms with Crippen LogP contribution < -0.4 is 25.0 Å². The largest absolute Gasteiger partial charge is 0.493 e. The SMILES string of the molecule is COc1cc2c(Oc3ccc(/C=N/NC(=O)Nc4ccccc4F)cc3F)ccnc2cc1OCCCN1CCN(C)CC1. The van der Waals surface area contributed by atoms with Gasteiger partial charge in [0, 0.05) is 50.4 Å². The number of halogens is 2. The van der Waals surface area contributed by atoms with Crippen LogP contribution >= 0.6 is 0 Å². The number of carbonyl (C=O) groups excluding carboxylic acids is 1. The number of fused-ring (bicyclic) bond motifs is 1. The number of rotatable bonds is 11.